The summed E-state index contributed by atoms with van der Waals surface area (Å²) in [6.45, 7) is 1.50. The van der Waals surface area contributed by atoms with Crippen LogP contribution in [0.5, 0.6) is 0 Å². The van der Waals surface area contributed by atoms with Crippen LogP contribution in [0.3, 0.4) is 0 Å². The average Bonchev–Trinajstić information content (AvgIpc) is 2.81. The summed E-state index contributed by atoms with van der Waals surface area (Å²) in [7, 11) is 1.76. The van der Waals surface area contributed by atoms with Crippen LogP contribution in [0.4, 0.5) is 0 Å². The first-order chi connectivity index (χ1) is 8.74. The van der Waals surface area contributed by atoms with Crippen LogP contribution in [0.15, 0.2) is 22.5 Å². The van der Waals surface area contributed by atoms with Crippen molar-refractivity contribution >= 4 is 41.3 Å². The van der Waals surface area contributed by atoms with Gasteiger partial charge in [-0.15, -0.1) is 35.3 Å². The Balaban J connectivity index is 0.00000180. The van der Waals surface area contributed by atoms with E-state index in [0.717, 1.165) is 25.8 Å². The number of guanidine groups is 1. The number of rotatable bonds is 6. The van der Waals surface area contributed by atoms with E-state index >= 15 is 0 Å². The van der Waals surface area contributed by atoms with Gasteiger partial charge in [-0.05, 0) is 37.1 Å². The van der Waals surface area contributed by atoms with Gasteiger partial charge in [-0.25, -0.2) is 0 Å². The van der Waals surface area contributed by atoms with Gasteiger partial charge in [-0.1, -0.05) is 6.07 Å². The summed E-state index contributed by atoms with van der Waals surface area (Å²) in [5, 5.41) is 5.23. The molecule has 3 N–H and O–H groups in total. The second-order valence-corrected chi connectivity index (χ2v) is 5.73. The molecule has 1 saturated carbocycles. The van der Waals surface area contributed by atoms with Crippen LogP contribution in [0.1, 0.15) is 24.1 Å². The van der Waals surface area contributed by atoms with Gasteiger partial charge in [0.1, 0.15) is 0 Å². The number of nitrogens with two attached hydrogens (primary N) is 1. The van der Waals surface area contributed by atoms with Crippen molar-refractivity contribution in [2.24, 2.45) is 10.7 Å². The van der Waals surface area contributed by atoms with Gasteiger partial charge in [0, 0.05) is 18.5 Å². The van der Waals surface area contributed by atoms with E-state index in [9.17, 15) is 0 Å². The maximum absolute atomic E-state index is 5.84. The summed E-state index contributed by atoms with van der Waals surface area (Å²) >= 11 is 1.77. The summed E-state index contributed by atoms with van der Waals surface area (Å²) in [6.07, 6.45) is 4.41. The summed E-state index contributed by atoms with van der Waals surface area (Å²) in [5.41, 5.74) is 5.80. The zero-order valence-corrected chi connectivity index (χ0v) is 14.4. The van der Waals surface area contributed by atoms with Gasteiger partial charge in [0.05, 0.1) is 12.1 Å². The lowest BCUT2D eigenvalue weighted by Gasteiger charge is -2.39. The minimum atomic E-state index is -0.0416. The molecule has 1 aliphatic rings. The minimum Gasteiger partial charge on any atom is -0.376 e. The van der Waals surface area contributed by atoms with Crippen molar-refractivity contribution in [3.8, 4) is 0 Å². The van der Waals surface area contributed by atoms with Crippen LogP contribution >= 0.6 is 35.3 Å². The van der Waals surface area contributed by atoms with E-state index in [0.29, 0.717) is 12.5 Å². The van der Waals surface area contributed by atoms with E-state index in [1.165, 1.54) is 11.3 Å². The number of ether oxygens (including phenoxy) is 1. The molecule has 0 amide bonds. The molecule has 108 valence electrons. The lowest BCUT2D eigenvalue weighted by Crippen LogP contribution is -2.43. The first kappa shape index (κ1) is 16.7. The maximum atomic E-state index is 5.84. The summed E-state index contributed by atoms with van der Waals surface area (Å²) < 4.78 is 5.50. The number of nitrogens with zero attached hydrogens (tertiary/aromatic N) is 1. The smallest absolute Gasteiger partial charge is 0.188 e. The van der Waals surface area contributed by atoms with Crippen molar-refractivity contribution in [1.29, 1.82) is 0 Å². The molecule has 6 heteroatoms. The van der Waals surface area contributed by atoms with Crippen LogP contribution in [0.2, 0.25) is 0 Å². The fraction of sp³-hybridized carbons (Fsp3) is 0.615. The number of methoxy groups -OCH3 is 1. The van der Waals surface area contributed by atoms with Crippen LogP contribution in [0, 0.1) is 0 Å². The van der Waals surface area contributed by atoms with Gasteiger partial charge in [0.25, 0.3) is 0 Å². The van der Waals surface area contributed by atoms with E-state index in [1.54, 1.807) is 18.4 Å². The highest BCUT2D eigenvalue weighted by molar-refractivity contribution is 14.0. The largest absolute Gasteiger partial charge is 0.376 e. The van der Waals surface area contributed by atoms with Crippen molar-refractivity contribution in [3.05, 3.63) is 22.4 Å². The Morgan fingerprint density at radius 1 is 1.58 bits per heavy atom. The molecule has 0 saturated heterocycles. The average molecular weight is 395 g/mol. The molecule has 1 aromatic heterocycles. The first-order valence-corrected chi connectivity index (χ1v) is 7.23. The van der Waals surface area contributed by atoms with Crippen molar-refractivity contribution in [1.82, 2.24) is 5.32 Å². The minimum absolute atomic E-state index is 0. The number of halogens is 1. The predicted octanol–water partition coefficient (Wildman–Crippen LogP) is 2.38. The van der Waals surface area contributed by atoms with Gasteiger partial charge < -0.3 is 15.8 Å². The molecule has 1 heterocycles. The van der Waals surface area contributed by atoms with Crippen molar-refractivity contribution < 1.29 is 4.74 Å². The summed E-state index contributed by atoms with van der Waals surface area (Å²) in [6, 6.07) is 4.20. The van der Waals surface area contributed by atoms with Gasteiger partial charge >= 0.3 is 0 Å². The molecule has 19 heavy (non-hydrogen) atoms. The number of aliphatic imine (C=N–C) groups is 1. The molecule has 0 bridgehead atoms. The van der Waals surface area contributed by atoms with Gasteiger partial charge in [-0.3, -0.25) is 4.99 Å². The maximum Gasteiger partial charge on any atom is 0.188 e. The fourth-order valence-corrected chi connectivity index (χ4v) is 2.76. The molecule has 0 spiro atoms. The Morgan fingerprint density at radius 2 is 2.37 bits per heavy atom. The third-order valence-electron chi connectivity index (χ3n) is 3.49. The standard InChI is InChI=1S/C13H21N3OS.HI/c1-17-13(6-3-7-13)10-16-12(14)15-8-5-11-4-2-9-18-11;/h2,4,9H,3,5-8,10H2,1H3,(H3,14,15,16);1H. The van der Waals surface area contributed by atoms with Crippen LogP contribution < -0.4 is 11.1 Å². The molecular weight excluding hydrogens is 373 g/mol. The molecule has 1 aliphatic carbocycles. The molecule has 2 rings (SSSR count). The fourth-order valence-electron chi connectivity index (χ4n) is 2.05. The molecule has 0 aliphatic heterocycles. The SMILES string of the molecule is COC1(CN=C(N)NCCc2cccs2)CCC1.I. The van der Waals surface area contributed by atoms with Crippen LogP contribution in [-0.2, 0) is 11.2 Å². The Labute approximate surface area is 135 Å². The second-order valence-electron chi connectivity index (χ2n) is 4.70. The van der Waals surface area contributed by atoms with Crippen molar-refractivity contribution in [2.75, 3.05) is 20.2 Å². The van der Waals surface area contributed by atoms with E-state index in [1.807, 2.05) is 0 Å². The van der Waals surface area contributed by atoms with E-state index < -0.39 is 0 Å². The summed E-state index contributed by atoms with van der Waals surface area (Å²) in [5.74, 6) is 0.523. The van der Waals surface area contributed by atoms with Crippen LogP contribution in [0.25, 0.3) is 0 Å². The molecule has 0 aromatic carbocycles. The number of hydrogen-bond acceptors (Lipinski definition) is 3. The van der Waals surface area contributed by atoms with E-state index in [-0.39, 0.29) is 29.6 Å². The normalized spacial score (nSPS) is 17.4. The zero-order valence-electron chi connectivity index (χ0n) is 11.2. The Hall–Kier alpha value is -0.340. The van der Waals surface area contributed by atoms with E-state index in [2.05, 4.69) is 27.8 Å². The molecule has 1 aromatic rings. The molecule has 0 atom stereocenters. The van der Waals surface area contributed by atoms with Crippen molar-refractivity contribution in [3.63, 3.8) is 0 Å². The predicted molar refractivity (Wildman–Crippen MR) is 91.5 cm³/mol. The van der Waals surface area contributed by atoms with Gasteiger partial charge in [0.2, 0.25) is 0 Å². The number of nitrogens with one attached hydrogen (secondary N) is 1. The Morgan fingerprint density at radius 3 is 2.89 bits per heavy atom. The Bertz CT molecular complexity index is 385. The molecule has 0 unspecified atom stereocenters. The third-order valence-corrected chi connectivity index (χ3v) is 4.43. The highest BCUT2D eigenvalue weighted by atomic mass is 127. The van der Waals surface area contributed by atoms with Crippen molar-refractivity contribution in [2.45, 2.75) is 31.3 Å². The number of hydrogen-bond donors (Lipinski definition) is 2. The molecule has 0 radical (unpaired) electrons. The topological polar surface area (TPSA) is 59.6 Å². The highest BCUT2D eigenvalue weighted by Crippen LogP contribution is 2.35. The lowest BCUT2D eigenvalue weighted by atomic mass is 9.80. The van der Waals surface area contributed by atoms with Gasteiger partial charge in [0.15, 0.2) is 5.96 Å². The molecule has 4 nitrogen and oxygen atoms in total. The zero-order chi connectivity index (χ0) is 12.8. The quantitative estimate of drug-likeness (QED) is 0.442. The van der Waals surface area contributed by atoms with Gasteiger partial charge in [-0.2, -0.15) is 0 Å². The monoisotopic (exact) mass is 395 g/mol. The molecule has 1 fully saturated rings. The highest BCUT2D eigenvalue weighted by Gasteiger charge is 2.36. The third kappa shape index (κ3) is 4.92. The number of thiophene rings is 1. The first-order valence-electron chi connectivity index (χ1n) is 6.35. The van der Waals surface area contributed by atoms with Crippen LogP contribution in [-0.4, -0.2) is 31.8 Å². The second kappa shape index (κ2) is 8.06. The summed E-state index contributed by atoms with van der Waals surface area (Å²) in [4.78, 5) is 5.73. The lowest BCUT2D eigenvalue weighted by molar-refractivity contribution is -0.0630. The van der Waals surface area contributed by atoms with E-state index in [4.69, 9.17) is 10.5 Å². The molecular formula is C13H22IN3OS. The Kier molecular flexibility index (Phi) is 7.09.